The molecule has 5 heteroatoms. The van der Waals surface area contributed by atoms with Gasteiger partial charge in [0.15, 0.2) is 5.65 Å². The van der Waals surface area contributed by atoms with Crippen LogP contribution in [0.15, 0.2) is 72.8 Å². The predicted octanol–water partition coefficient (Wildman–Crippen LogP) is 6.82. The van der Waals surface area contributed by atoms with E-state index in [0.29, 0.717) is 5.02 Å². The molecule has 162 valence electrons. The molecule has 0 saturated carbocycles. The lowest BCUT2D eigenvalue weighted by molar-refractivity contribution is 0.415. The van der Waals surface area contributed by atoms with E-state index in [4.69, 9.17) is 26.4 Å². The predicted molar refractivity (Wildman–Crippen MR) is 133 cm³/mol. The largest absolute Gasteiger partial charge is 0.497 e. The Balaban J connectivity index is 1.71. The van der Waals surface area contributed by atoms with E-state index >= 15 is 0 Å². The summed E-state index contributed by atoms with van der Waals surface area (Å²) in [6.07, 6.45) is 1.88. The third-order valence-electron chi connectivity index (χ3n) is 6.43. The summed E-state index contributed by atoms with van der Waals surface area (Å²) in [5, 5.41) is 6.70. The van der Waals surface area contributed by atoms with Gasteiger partial charge in [0.05, 0.1) is 29.6 Å². The molecule has 0 atom stereocenters. The van der Waals surface area contributed by atoms with Gasteiger partial charge in [-0.15, -0.1) is 0 Å². The van der Waals surface area contributed by atoms with E-state index < -0.39 is 0 Å². The average molecular weight is 452 g/mol. The fourth-order valence-electron chi connectivity index (χ4n) is 4.88. The molecule has 0 fully saturated rings. The zero-order valence-corrected chi connectivity index (χ0v) is 19.2. The number of nitrogens with zero attached hydrogens (tertiary/aromatic N) is 3. The Morgan fingerprint density at radius 3 is 2.39 bits per heavy atom. The van der Waals surface area contributed by atoms with Crippen molar-refractivity contribution in [2.24, 2.45) is 0 Å². The first-order valence-corrected chi connectivity index (χ1v) is 11.4. The highest BCUT2D eigenvalue weighted by molar-refractivity contribution is 6.30. The van der Waals surface area contributed by atoms with Crippen molar-refractivity contribution >= 4 is 22.6 Å². The van der Waals surface area contributed by atoms with E-state index in [9.17, 15) is 0 Å². The third kappa shape index (κ3) is 3.21. The van der Waals surface area contributed by atoms with E-state index in [1.165, 1.54) is 22.3 Å². The molecule has 0 aliphatic heterocycles. The molecule has 2 aromatic heterocycles. The Labute approximate surface area is 197 Å². The van der Waals surface area contributed by atoms with Gasteiger partial charge in [0.25, 0.3) is 0 Å². The summed E-state index contributed by atoms with van der Waals surface area (Å²) in [6, 6.07) is 24.7. The molecule has 0 unspecified atom stereocenters. The number of hydrogen-bond donors (Lipinski definition) is 0. The second-order valence-corrected chi connectivity index (χ2v) is 8.80. The fraction of sp³-hybridized carbons (Fsp3) is 0.143. The number of hydrogen-bond acceptors (Lipinski definition) is 3. The highest BCUT2D eigenvalue weighted by Crippen LogP contribution is 2.45. The average Bonchev–Trinajstić information content (AvgIpc) is 3.19. The van der Waals surface area contributed by atoms with Crippen LogP contribution >= 0.6 is 11.6 Å². The molecule has 0 bridgehead atoms. The van der Waals surface area contributed by atoms with E-state index in [-0.39, 0.29) is 0 Å². The molecular formula is C28H22ClN3O. The normalized spacial score (nSPS) is 12.5. The number of benzene rings is 3. The van der Waals surface area contributed by atoms with Gasteiger partial charge in [-0.2, -0.15) is 5.10 Å². The van der Waals surface area contributed by atoms with Crippen LogP contribution < -0.4 is 4.74 Å². The molecule has 0 N–H and O–H groups in total. The zero-order chi connectivity index (χ0) is 22.5. The summed E-state index contributed by atoms with van der Waals surface area (Å²) >= 11 is 6.14. The van der Waals surface area contributed by atoms with Crippen molar-refractivity contribution in [3.05, 3.63) is 94.8 Å². The molecule has 5 aromatic rings. The van der Waals surface area contributed by atoms with Crippen LogP contribution in [-0.2, 0) is 12.8 Å². The van der Waals surface area contributed by atoms with Crippen molar-refractivity contribution < 1.29 is 4.74 Å². The van der Waals surface area contributed by atoms with Crippen LogP contribution in [-0.4, -0.2) is 21.9 Å². The highest BCUT2D eigenvalue weighted by Gasteiger charge is 2.27. The molecule has 33 heavy (non-hydrogen) atoms. The van der Waals surface area contributed by atoms with Crippen molar-refractivity contribution in [3.63, 3.8) is 0 Å². The minimum absolute atomic E-state index is 0.702. The summed E-state index contributed by atoms with van der Waals surface area (Å²) in [7, 11) is 1.69. The molecule has 0 amide bonds. The van der Waals surface area contributed by atoms with Gasteiger partial charge in [0.2, 0.25) is 0 Å². The van der Waals surface area contributed by atoms with Crippen LogP contribution in [0.25, 0.3) is 39.0 Å². The number of fused-ring (bicyclic) bond motifs is 4. The highest BCUT2D eigenvalue weighted by atomic mass is 35.5. The summed E-state index contributed by atoms with van der Waals surface area (Å²) in [6.45, 7) is 2.06. The number of pyridine rings is 1. The zero-order valence-electron chi connectivity index (χ0n) is 18.5. The maximum Gasteiger partial charge on any atom is 0.164 e. The summed E-state index contributed by atoms with van der Waals surface area (Å²) in [5.74, 6) is 0.840. The van der Waals surface area contributed by atoms with Crippen LogP contribution in [0.3, 0.4) is 0 Å². The van der Waals surface area contributed by atoms with Crippen molar-refractivity contribution in [2.75, 3.05) is 7.11 Å². The molecule has 3 aromatic carbocycles. The summed E-state index contributed by atoms with van der Waals surface area (Å²) in [4.78, 5) is 5.20. The Bertz CT molecular complexity index is 1500. The third-order valence-corrected chi connectivity index (χ3v) is 6.69. The van der Waals surface area contributed by atoms with Crippen LogP contribution in [0.2, 0.25) is 5.02 Å². The Morgan fingerprint density at radius 2 is 1.64 bits per heavy atom. The first kappa shape index (κ1) is 20.0. The van der Waals surface area contributed by atoms with Crippen molar-refractivity contribution in [2.45, 2.75) is 19.8 Å². The molecule has 0 saturated heterocycles. The lowest BCUT2D eigenvalue weighted by Crippen LogP contribution is -2.09. The van der Waals surface area contributed by atoms with Gasteiger partial charge in [0, 0.05) is 16.1 Å². The SMILES string of the molecule is COc1ccc(-c2c3c(nc4c2c(C)nn4-c2ccc(Cl)cc2)CCc2ccccc2-3)cc1. The lowest BCUT2D eigenvalue weighted by Gasteiger charge is -2.23. The molecule has 2 heterocycles. The first-order valence-electron chi connectivity index (χ1n) is 11.0. The van der Waals surface area contributed by atoms with Gasteiger partial charge in [-0.05, 0) is 72.9 Å². The second-order valence-electron chi connectivity index (χ2n) is 8.37. The van der Waals surface area contributed by atoms with Crippen molar-refractivity contribution in [3.8, 4) is 33.7 Å². The van der Waals surface area contributed by atoms with Crippen LogP contribution in [0, 0.1) is 6.92 Å². The lowest BCUT2D eigenvalue weighted by atomic mass is 9.83. The smallest absolute Gasteiger partial charge is 0.164 e. The number of rotatable bonds is 3. The van der Waals surface area contributed by atoms with Crippen molar-refractivity contribution in [1.82, 2.24) is 14.8 Å². The van der Waals surface area contributed by atoms with E-state index in [1.807, 2.05) is 41.1 Å². The Morgan fingerprint density at radius 1 is 0.879 bits per heavy atom. The van der Waals surface area contributed by atoms with E-state index in [0.717, 1.165) is 52.3 Å². The number of halogens is 1. The molecule has 0 spiro atoms. The second kappa shape index (κ2) is 7.75. The van der Waals surface area contributed by atoms with Gasteiger partial charge in [-0.25, -0.2) is 9.67 Å². The van der Waals surface area contributed by atoms with E-state index in [1.54, 1.807) is 7.11 Å². The minimum Gasteiger partial charge on any atom is -0.497 e. The van der Waals surface area contributed by atoms with Crippen LogP contribution in [0.4, 0.5) is 0 Å². The minimum atomic E-state index is 0.702. The quantitative estimate of drug-likeness (QED) is 0.302. The summed E-state index contributed by atoms with van der Waals surface area (Å²) < 4.78 is 7.36. The maximum absolute atomic E-state index is 6.14. The Kier molecular flexibility index (Phi) is 4.70. The molecule has 1 aliphatic rings. The number of aromatic nitrogens is 3. The molecule has 6 rings (SSSR count). The number of methoxy groups -OCH3 is 1. The maximum atomic E-state index is 6.14. The number of ether oxygens (including phenoxy) is 1. The standard InChI is InChI=1S/C28H22ClN3O/c1-17-25-26(19-7-14-22(33-2)15-8-19)27-23-6-4-3-5-18(23)9-16-24(27)30-28(25)32(31-17)21-12-10-20(29)11-13-21/h3-8,10-15H,9,16H2,1-2H3. The molecule has 4 nitrogen and oxygen atoms in total. The van der Waals surface area contributed by atoms with Crippen molar-refractivity contribution in [1.29, 1.82) is 0 Å². The molecule has 1 aliphatic carbocycles. The topological polar surface area (TPSA) is 39.9 Å². The monoisotopic (exact) mass is 451 g/mol. The van der Waals surface area contributed by atoms with Gasteiger partial charge in [-0.1, -0.05) is 48.0 Å². The summed E-state index contributed by atoms with van der Waals surface area (Å²) in [5.41, 5.74) is 10.0. The van der Waals surface area contributed by atoms with Gasteiger partial charge >= 0.3 is 0 Å². The number of aryl methyl sites for hydroxylation is 3. The van der Waals surface area contributed by atoms with Gasteiger partial charge in [0.1, 0.15) is 5.75 Å². The van der Waals surface area contributed by atoms with E-state index in [2.05, 4.69) is 43.3 Å². The van der Waals surface area contributed by atoms with Gasteiger partial charge < -0.3 is 4.74 Å². The first-order chi connectivity index (χ1) is 16.1. The van der Waals surface area contributed by atoms with Crippen LogP contribution in [0.1, 0.15) is 17.0 Å². The Hall–Kier alpha value is -3.63. The van der Waals surface area contributed by atoms with Crippen LogP contribution in [0.5, 0.6) is 5.75 Å². The molecular weight excluding hydrogens is 430 g/mol. The van der Waals surface area contributed by atoms with Gasteiger partial charge in [-0.3, -0.25) is 0 Å². The molecule has 0 radical (unpaired) electrons. The fourth-order valence-corrected chi connectivity index (χ4v) is 5.01.